The Morgan fingerprint density at radius 3 is 1.80 bits per heavy atom. The Morgan fingerprint density at radius 2 is 1.70 bits per heavy atom. The zero-order valence-electron chi connectivity index (χ0n) is 7.61. The number of rotatable bonds is 4. The van der Waals surface area contributed by atoms with Crippen LogP contribution in [0.2, 0.25) is 0 Å². The summed E-state index contributed by atoms with van der Waals surface area (Å²) in [5, 5.41) is 0. The van der Waals surface area contributed by atoms with Crippen molar-refractivity contribution in [3.05, 3.63) is 0 Å². The molecular formula is C8H19OSi. The quantitative estimate of drug-likeness (QED) is 0.568. The van der Waals surface area contributed by atoms with Gasteiger partial charge in [0.1, 0.15) is 0 Å². The van der Waals surface area contributed by atoms with Crippen molar-refractivity contribution in [3.8, 4) is 0 Å². The molecule has 0 spiro atoms. The van der Waals surface area contributed by atoms with Crippen LogP contribution < -0.4 is 0 Å². The molecule has 0 aromatic heterocycles. The Hall–Kier alpha value is 0.177. The van der Waals surface area contributed by atoms with Crippen molar-refractivity contribution in [1.82, 2.24) is 0 Å². The van der Waals surface area contributed by atoms with Gasteiger partial charge in [-0.3, -0.25) is 0 Å². The first kappa shape index (κ1) is 10.2. The van der Waals surface area contributed by atoms with E-state index >= 15 is 0 Å². The van der Waals surface area contributed by atoms with Crippen LogP contribution in [0.25, 0.3) is 0 Å². The van der Waals surface area contributed by atoms with E-state index in [1.807, 2.05) is 0 Å². The van der Waals surface area contributed by atoms with Crippen LogP contribution in [0.1, 0.15) is 40.5 Å². The molecule has 1 nitrogen and oxygen atoms in total. The monoisotopic (exact) mass is 159 g/mol. The molecular weight excluding hydrogens is 140 g/mol. The molecule has 10 heavy (non-hydrogen) atoms. The molecule has 61 valence electrons. The molecule has 0 bridgehead atoms. The van der Waals surface area contributed by atoms with Crippen LogP contribution in [0.4, 0.5) is 0 Å². The van der Waals surface area contributed by atoms with Gasteiger partial charge in [-0.05, 0) is 19.8 Å². The van der Waals surface area contributed by atoms with Crippen molar-refractivity contribution in [3.63, 3.8) is 0 Å². The van der Waals surface area contributed by atoms with Gasteiger partial charge in [-0.15, -0.1) is 0 Å². The van der Waals surface area contributed by atoms with Gasteiger partial charge >= 0.3 is 0 Å². The van der Waals surface area contributed by atoms with E-state index < -0.39 is 0 Å². The van der Waals surface area contributed by atoms with Crippen molar-refractivity contribution in [2.75, 3.05) is 0 Å². The van der Waals surface area contributed by atoms with Crippen molar-refractivity contribution in [2.45, 2.75) is 46.1 Å². The second kappa shape index (κ2) is 4.14. The topological polar surface area (TPSA) is 9.23 Å². The number of hydrogen-bond acceptors (Lipinski definition) is 1. The van der Waals surface area contributed by atoms with Crippen molar-refractivity contribution >= 4 is 10.5 Å². The summed E-state index contributed by atoms with van der Waals surface area (Å²) in [7, 11) is 1.60. The minimum absolute atomic E-state index is 0.0714. The van der Waals surface area contributed by atoms with Gasteiger partial charge in [0.05, 0.1) is 5.60 Å². The summed E-state index contributed by atoms with van der Waals surface area (Å²) in [5.74, 6) is 0.699. The predicted octanol–water partition coefficient (Wildman–Crippen LogP) is 1.77. The van der Waals surface area contributed by atoms with Crippen LogP contribution >= 0.6 is 0 Å². The normalized spacial score (nSPS) is 12.6. The smallest absolute Gasteiger partial charge is 0.175 e. The average Bonchev–Trinajstić information content (AvgIpc) is 1.90. The highest BCUT2D eigenvalue weighted by Gasteiger charge is 2.24. The SMILES string of the molecule is CCC(CC)C(C)(C)O[SiH2]. The Kier molecular flexibility index (Phi) is 4.21. The lowest BCUT2D eigenvalue weighted by molar-refractivity contribution is 0.0487. The van der Waals surface area contributed by atoms with E-state index in [-0.39, 0.29) is 5.60 Å². The van der Waals surface area contributed by atoms with Crippen molar-refractivity contribution in [2.24, 2.45) is 5.92 Å². The van der Waals surface area contributed by atoms with Gasteiger partial charge in [0, 0.05) is 0 Å². The van der Waals surface area contributed by atoms with E-state index in [1.54, 1.807) is 10.5 Å². The first-order valence-corrected chi connectivity index (χ1v) is 4.59. The van der Waals surface area contributed by atoms with E-state index in [9.17, 15) is 0 Å². The molecule has 0 aliphatic heterocycles. The maximum Gasteiger partial charge on any atom is 0.175 e. The third kappa shape index (κ3) is 2.43. The Balaban J connectivity index is 3.97. The zero-order valence-corrected chi connectivity index (χ0v) is 9.02. The van der Waals surface area contributed by atoms with Gasteiger partial charge in [-0.2, -0.15) is 0 Å². The summed E-state index contributed by atoms with van der Waals surface area (Å²) in [4.78, 5) is 0. The first-order chi connectivity index (χ1) is 4.58. The maximum absolute atomic E-state index is 5.41. The van der Waals surface area contributed by atoms with Gasteiger partial charge in [0.25, 0.3) is 0 Å². The molecule has 0 aromatic rings. The lowest BCUT2D eigenvalue weighted by atomic mass is 9.87. The highest BCUT2D eigenvalue weighted by molar-refractivity contribution is 5.98. The Labute approximate surface area is 67.7 Å². The fourth-order valence-corrected chi connectivity index (χ4v) is 1.63. The molecule has 0 amide bonds. The van der Waals surface area contributed by atoms with Crippen LogP contribution in [-0.2, 0) is 4.43 Å². The molecule has 0 aliphatic rings. The van der Waals surface area contributed by atoms with Gasteiger partial charge in [-0.25, -0.2) is 0 Å². The van der Waals surface area contributed by atoms with Crippen LogP contribution in [0.3, 0.4) is 0 Å². The van der Waals surface area contributed by atoms with E-state index in [1.165, 1.54) is 12.8 Å². The first-order valence-electron chi connectivity index (χ1n) is 4.01. The fraction of sp³-hybridized carbons (Fsp3) is 1.00. The van der Waals surface area contributed by atoms with Gasteiger partial charge in [-0.1, -0.05) is 26.7 Å². The third-order valence-corrected chi connectivity index (χ3v) is 3.08. The summed E-state index contributed by atoms with van der Waals surface area (Å²) in [6, 6.07) is 0. The van der Waals surface area contributed by atoms with Crippen LogP contribution in [0.5, 0.6) is 0 Å². The zero-order chi connectivity index (χ0) is 8.20. The van der Waals surface area contributed by atoms with E-state index in [4.69, 9.17) is 4.43 Å². The minimum Gasteiger partial charge on any atom is -0.420 e. The lowest BCUT2D eigenvalue weighted by Crippen LogP contribution is -2.32. The standard InChI is InChI=1S/C8H19OSi/c1-5-7(6-2)8(3,4)9-10/h7H,5-6,10H2,1-4H3. The summed E-state index contributed by atoms with van der Waals surface area (Å²) in [6.45, 7) is 8.77. The molecule has 1 radical (unpaired) electrons. The van der Waals surface area contributed by atoms with Crippen LogP contribution in [0.15, 0.2) is 0 Å². The second-order valence-electron chi connectivity index (χ2n) is 3.26. The number of hydrogen-bond donors (Lipinski definition) is 0. The highest BCUT2D eigenvalue weighted by atomic mass is 28.2. The van der Waals surface area contributed by atoms with E-state index in [0.717, 1.165) is 0 Å². The second-order valence-corrected chi connectivity index (χ2v) is 3.55. The maximum atomic E-state index is 5.41. The van der Waals surface area contributed by atoms with Gasteiger partial charge in [0.2, 0.25) is 0 Å². The average molecular weight is 159 g/mol. The van der Waals surface area contributed by atoms with Gasteiger partial charge in [0.15, 0.2) is 10.5 Å². The van der Waals surface area contributed by atoms with E-state index in [2.05, 4.69) is 27.7 Å². The summed E-state index contributed by atoms with van der Waals surface area (Å²) >= 11 is 0. The molecule has 0 atom stereocenters. The highest BCUT2D eigenvalue weighted by Crippen LogP contribution is 2.25. The van der Waals surface area contributed by atoms with Gasteiger partial charge < -0.3 is 4.43 Å². The summed E-state index contributed by atoms with van der Waals surface area (Å²) in [6.07, 6.45) is 2.42. The summed E-state index contributed by atoms with van der Waals surface area (Å²) in [5.41, 5.74) is 0.0714. The van der Waals surface area contributed by atoms with Crippen molar-refractivity contribution in [1.29, 1.82) is 0 Å². The molecule has 0 saturated heterocycles. The molecule has 0 unspecified atom stereocenters. The fourth-order valence-electron chi connectivity index (χ4n) is 1.39. The van der Waals surface area contributed by atoms with E-state index in [0.29, 0.717) is 5.92 Å². The largest absolute Gasteiger partial charge is 0.420 e. The van der Waals surface area contributed by atoms with Crippen molar-refractivity contribution < 1.29 is 4.43 Å². The molecule has 0 aliphatic carbocycles. The molecule has 0 fully saturated rings. The molecule has 0 rings (SSSR count). The third-order valence-electron chi connectivity index (χ3n) is 2.34. The summed E-state index contributed by atoms with van der Waals surface area (Å²) < 4.78 is 5.41. The Morgan fingerprint density at radius 1 is 1.30 bits per heavy atom. The molecule has 0 aromatic carbocycles. The molecule has 0 saturated carbocycles. The Bertz CT molecular complexity index is 87.3. The molecule has 0 N–H and O–H groups in total. The lowest BCUT2D eigenvalue weighted by Gasteiger charge is -2.32. The van der Waals surface area contributed by atoms with Crippen LogP contribution in [-0.4, -0.2) is 16.1 Å². The molecule has 0 heterocycles. The van der Waals surface area contributed by atoms with Crippen LogP contribution in [0, 0.1) is 5.92 Å². The molecule has 2 heteroatoms. The minimum atomic E-state index is 0.0714. The predicted molar refractivity (Wildman–Crippen MR) is 47.8 cm³/mol.